The number of nitrogens with one attached hydrogen (secondary N) is 1. The van der Waals surface area contributed by atoms with Gasteiger partial charge in [-0.1, -0.05) is 6.92 Å². The van der Waals surface area contributed by atoms with Crippen LogP contribution in [0.1, 0.15) is 13.3 Å². The summed E-state index contributed by atoms with van der Waals surface area (Å²) in [4.78, 5) is 11.0. The molecule has 0 bridgehead atoms. The molecule has 13 heavy (non-hydrogen) atoms. The van der Waals surface area contributed by atoms with Crippen LogP contribution in [0, 0.1) is 5.92 Å². The van der Waals surface area contributed by atoms with Gasteiger partial charge < -0.3 is 5.32 Å². The summed E-state index contributed by atoms with van der Waals surface area (Å²) in [6, 6.07) is -0.169. The highest BCUT2D eigenvalue weighted by atomic mass is 32.2. The van der Waals surface area contributed by atoms with Crippen LogP contribution in [0.25, 0.3) is 0 Å². The summed E-state index contributed by atoms with van der Waals surface area (Å²) >= 11 is 0. The Labute approximate surface area is 77.6 Å². The van der Waals surface area contributed by atoms with Crippen LogP contribution in [-0.2, 0) is 19.1 Å². The molecular weight excluding hydrogens is 194 g/mol. The quantitative estimate of drug-likeness (QED) is 0.632. The summed E-state index contributed by atoms with van der Waals surface area (Å²) in [5, 5.41) is 2.65. The molecule has 0 saturated carbocycles. The van der Waals surface area contributed by atoms with Crippen molar-refractivity contribution in [2.45, 2.75) is 19.4 Å². The van der Waals surface area contributed by atoms with Crippen LogP contribution in [0.4, 0.5) is 0 Å². The molecule has 1 fully saturated rings. The monoisotopic (exact) mass is 207 g/mol. The van der Waals surface area contributed by atoms with E-state index in [2.05, 4.69) is 9.50 Å². The van der Waals surface area contributed by atoms with E-state index in [9.17, 15) is 13.2 Å². The standard InChI is InChI=1S/C7H13NO4S/c1-5-3-6(8-7(5)9)4-12-13(2,10)11/h5-6H,3-4H2,1-2H3,(H,8,9). The first kappa shape index (κ1) is 10.5. The molecule has 0 spiro atoms. The van der Waals surface area contributed by atoms with Gasteiger partial charge in [-0.2, -0.15) is 8.42 Å². The van der Waals surface area contributed by atoms with Gasteiger partial charge in [0.1, 0.15) is 0 Å². The fourth-order valence-corrected chi connectivity index (χ4v) is 1.66. The van der Waals surface area contributed by atoms with Crippen molar-refractivity contribution >= 4 is 16.0 Å². The third-order valence-electron chi connectivity index (χ3n) is 1.92. The minimum absolute atomic E-state index is 0.0366. The topological polar surface area (TPSA) is 72.5 Å². The van der Waals surface area contributed by atoms with E-state index in [1.807, 2.05) is 0 Å². The number of carbonyl (C=O) groups excluding carboxylic acids is 1. The first-order valence-corrected chi connectivity index (χ1v) is 5.85. The summed E-state index contributed by atoms with van der Waals surface area (Å²) < 4.78 is 25.8. The van der Waals surface area contributed by atoms with Gasteiger partial charge in [0.25, 0.3) is 10.1 Å². The molecular formula is C7H13NO4S. The van der Waals surface area contributed by atoms with Gasteiger partial charge in [-0.25, -0.2) is 0 Å². The second kappa shape index (κ2) is 3.63. The first-order chi connectivity index (χ1) is 5.88. The Hall–Kier alpha value is -0.620. The van der Waals surface area contributed by atoms with E-state index in [0.717, 1.165) is 6.26 Å². The molecule has 1 amide bonds. The Morgan fingerprint density at radius 3 is 2.62 bits per heavy atom. The minimum atomic E-state index is -3.40. The normalized spacial score (nSPS) is 28.9. The summed E-state index contributed by atoms with van der Waals surface area (Å²) in [5.74, 6) is -0.0877. The van der Waals surface area contributed by atoms with Gasteiger partial charge in [0.05, 0.1) is 18.9 Å². The number of hydrogen-bond acceptors (Lipinski definition) is 4. The van der Waals surface area contributed by atoms with Gasteiger partial charge in [-0.15, -0.1) is 0 Å². The maximum atomic E-state index is 11.0. The fourth-order valence-electron chi connectivity index (χ4n) is 1.25. The van der Waals surface area contributed by atoms with Gasteiger partial charge in [0.2, 0.25) is 5.91 Å². The maximum Gasteiger partial charge on any atom is 0.264 e. The third-order valence-corrected chi connectivity index (χ3v) is 2.48. The highest BCUT2D eigenvalue weighted by Crippen LogP contribution is 2.14. The number of carbonyl (C=O) groups is 1. The summed E-state index contributed by atoms with van der Waals surface area (Å²) in [5.41, 5.74) is 0. The average Bonchev–Trinajstić information content (AvgIpc) is 2.27. The maximum absolute atomic E-state index is 11.0. The van der Waals surface area contributed by atoms with Crippen LogP contribution < -0.4 is 5.32 Å². The van der Waals surface area contributed by atoms with E-state index in [0.29, 0.717) is 6.42 Å². The SMILES string of the molecule is CC1CC(COS(C)(=O)=O)NC1=O. The van der Waals surface area contributed by atoms with E-state index < -0.39 is 10.1 Å². The van der Waals surface area contributed by atoms with E-state index in [1.165, 1.54) is 0 Å². The molecule has 1 rings (SSSR count). The fraction of sp³-hybridized carbons (Fsp3) is 0.857. The Balaban J connectivity index is 2.37. The van der Waals surface area contributed by atoms with Crippen molar-refractivity contribution < 1.29 is 17.4 Å². The lowest BCUT2D eigenvalue weighted by atomic mass is 10.1. The predicted octanol–water partition coefficient (Wildman–Crippen LogP) is -0.513. The van der Waals surface area contributed by atoms with Crippen LogP contribution in [0.15, 0.2) is 0 Å². The van der Waals surface area contributed by atoms with E-state index >= 15 is 0 Å². The van der Waals surface area contributed by atoms with E-state index in [4.69, 9.17) is 0 Å². The lowest BCUT2D eigenvalue weighted by Crippen LogP contribution is -2.30. The zero-order valence-corrected chi connectivity index (χ0v) is 8.43. The highest BCUT2D eigenvalue weighted by Gasteiger charge is 2.28. The molecule has 0 aromatic carbocycles. The van der Waals surface area contributed by atoms with Gasteiger partial charge in [-0.05, 0) is 6.42 Å². The van der Waals surface area contributed by atoms with Crippen molar-refractivity contribution in [2.75, 3.05) is 12.9 Å². The Morgan fingerprint density at radius 2 is 2.23 bits per heavy atom. The molecule has 1 aliphatic rings. The van der Waals surface area contributed by atoms with Crippen molar-refractivity contribution in [3.63, 3.8) is 0 Å². The second-order valence-corrected chi connectivity index (χ2v) is 4.97. The predicted molar refractivity (Wildman–Crippen MR) is 46.5 cm³/mol. The van der Waals surface area contributed by atoms with Crippen LogP contribution in [-0.4, -0.2) is 33.2 Å². The Morgan fingerprint density at radius 1 is 1.62 bits per heavy atom. The van der Waals surface area contributed by atoms with Crippen molar-refractivity contribution in [3.8, 4) is 0 Å². The molecule has 0 aliphatic carbocycles. The third kappa shape index (κ3) is 3.31. The number of hydrogen-bond donors (Lipinski definition) is 1. The molecule has 2 atom stereocenters. The molecule has 1 N–H and O–H groups in total. The molecule has 76 valence electrons. The molecule has 1 saturated heterocycles. The molecule has 2 unspecified atom stereocenters. The van der Waals surface area contributed by atoms with Crippen LogP contribution in [0.3, 0.4) is 0 Å². The van der Waals surface area contributed by atoms with Crippen molar-refractivity contribution in [3.05, 3.63) is 0 Å². The molecule has 1 aliphatic heterocycles. The highest BCUT2D eigenvalue weighted by molar-refractivity contribution is 7.85. The van der Waals surface area contributed by atoms with Crippen LogP contribution >= 0.6 is 0 Å². The molecule has 6 heteroatoms. The molecule has 0 aromatic heterocycles. The van der Waals surface area contributed by atoms with Crippen molar-refractivity contribution in [1.82, 2.24) is 5.32 Å². The minimum Gasteiger partial charge on any atom is -0.351 e. The Kier molecular flexibility index (Phi) is 2.92. The molecule has 5 nitrogen and oxygen atoms in total. The molecule has 1 heterocycles. The van der Waals surface area contributed by atoms with Gasteiger partial charge in [0, 0.05) is 5.92 Å². The lowest BCUT2D eigenvalue weighted by Gasteiger charge is -2.08. The van der Waals surface area contributed by atoms with Crippen LogP contribution in [0.5, 0.6) is 0 Å². The van der Waals surface area contributed by atoms with Crippen molar-refractivity contribution in [1.29, 1.82) is 0 Å². The molecule has 0 aromatic rings. The van der Waals surface area contributed by atoms with E-state index in [1.54, 1.807) is 6.92 Å². The zero-order valence-electron chi connectivity index (χ0n) is 7.61. The first-order valence-electron chi connectivity index (χ1n) is 4.03. The van der Waals surface area contributed by atoms with Gasteiger partial charge >= 0.3 is 0 Å². The zero-order chi connectivity index (χ0) is 10.1. The largest absolute Gasteiger partial charge is 0.351 e. The van der Waals surface area contributed by atoms with Crippen molar-refractivity contribution in [2.24, 2.45) is 5.92 Å². The van der Waals surface area contributed by atoms with Gasteiger partial charge in [-0.3, -0.25) is 8.98 Å². The smallest absolute Gasteiger partial charge is 0.264 e. The number of rotatable bonds is 3. The van der Waals surface area contributed by atoms with Crippen LogP contribution in [0.2, 0.25) is 0 Å². The lowest BCUT2D eigenvalue weighted by molar-refractivity contribution is -0.122. The Bertz CT molecular complexity index is 298. The molecule has 0 radical (unpaired) electrons. The summed E-state index contributed by atoms with van der Waals surface area (Å²) in [6.07, 6.45) is 1.63. The average molecular weight is 207 g/mol. The number of amides is 1. The summed E-state index contributed by atoms with van der Waals surface area (Å²) in [6.45, 7) is 1.84. The van der Waals surface area contributed by atoms with E-state index in [-0.39, 0.29) is 24.5 Å². The second-order valence-electron chi connectivity index (χ2n) is 3.33. The van der Waals surface area contributed by atoms with Gasteiger partial charge in [0.15, 0.2) is 0 Å². The summed E-state index contributed by atoms with van der Waals surface area (Å²) in [7, 11) is -3.40.